The summed E-state index contributed by atoms with van der Waals surface area (Å²) >= 11 is 0. The van der Waals surface area contributed by atoms with Gasteiger partial charge >= 0.3 is 0 Å². The highest BCUT2D eigenvalue weighted by molar-refractivity contribution is 5.22. The summed E-state index contributed by atoms with van der Waals surface area (Å²) in [5.74, 6) is 2.08. The predicted octanol–water partition coefficient (Wildman–Crippen LogP) is 1.06. The second-order valence-electron chi connectivity index (χ2n) is 1.09. The number of pyridine rings is 1. The normalized spacial score (nSPS) is 14.9. The minimum absolute atomic E-state index is 0.0546. The quantitative estimate of drug-likeness (QED) is 0.452. The largest absolute Gasteiger partial charge is 0.248 e. The standard InChI is InChI=1S/C7H5N/c1-2-7-5-3-4-6-8-7/h1,3-6H/i3D,4D,5D,6D. The zero-order valence-corrected chi connectivity index (χ0v) is 4.02. The van der Waals surface area contributed by atoms with Gasteiger partial charge in [-0.3, -0.25) is 0 Å². The molecule has 0 unspecified atom stereocenters. The third-order valence-electron chi connectivity index (χ3n) is 0.604. The van der Waals surface area contributed by atoms with E-state index in [1.807, 2.05) is 0 Å². The van der Waals surface area contributed by atoms with E-state index in [0.29, 0.717) is 0 Å². The van der Waals surface area contributed by atoms with Gasteiger partial charge in [0.1, 0.15) is 5.69 Å². The number of hydrogen-bond acceptors (Lipinski definition) is 1. The van der Waals surface area contributed by atoms with Crippen LogP contribution in [0.4, 0.5) is 0 Å². The Labute approximate surface area is 54.0 Å². The van der Waals surface area contributed by atoms with Crippen LogP contribution in [0.15, 0.2) is 24.3 Å². The van der Waals surface area contributed by atoms with E-state index in [0.717, 1.165) is 0 Å². The smallest absolute Gasteiger partial charge is 0.112 e. The van der Waals surface area contributed by atoms with Crippen LogP contribution in [-0.2, 0) is 0 Å². The number of rotatable bonds is 0. The van der Waals surface area contributed by atoms with Gasteiger partial charge in [-0.2, -0.15) is 0 Å². The summed E-state index contributed by atoms with van der Waals surface area (Å²) in [6.45, 7) is 0. The van der Waals surface area contributed by atoms with E-state index in [-0.39, 0.29) is 30.0 Å². The molecule has 0 fully saturated rings. The summed E-state index contributed by atoms with van der Waals surface area (Å²) in [4.78, 5) is 3.49. The Kier molecular flexibility index (Phi) is 0.508. The molecule has 0 spiro atoms. The molecule has 0 aliphatic rings. The second kappa shape index (κ2) is 2.13. The number of aromatic nitrogens is 1. The molecule has 1 nitrogen and oxygen atoms in total. The van der Waals surface area contributed by atoms with E-state index >= 15 is 0 Å². The van der Waals surface area contributed by atoms with E-state index in [2.05, 4.69) is 10.9 Å². The highest BCUT2D eigenvalue weighted by atomic mass is 14.6. The highest BCUT2D eigenvalue weighted by Crippen LogP contribution is 1.86. The van der Waals surface area contributed by atoms with Crippen LogP contribution in [0.1, 0.15) is 11.2 Å². The highest BCUT2D eigenvalue weighted by Gasteiger charge is 1.78. The molecule has 0 N–H and O–H groups in total. The maximum Gasteiger partial charge on any atom is 0.112 e. The minimum Gasteiger partial charge on any atom is -0.248 e. The van der Waals surface area contributed by atoms with Gasteiger partial charge < -0.3 is 0 Å². The van der Waals surface area contributed by atoms with Crippen molar-refractivity contribution in [2.45, 2.75) is 0 Å². The molecule has 8 heavy (non-hydrogen) atoms. The molecular formula is C7H5N. The third-order valence-corrected chi connectivity index (χ3v) is 0.604. The molecule has 0 aliphatic heterocycles. The summed E-state index contributed by atoms with van der Waals surface area (Å²) in [7, 11) is 0. The summed E-state index contributed by atoms with van der Waals surface area (Å²) < 4.78 is 28.7. The van der Waals surface area contributed by atoms with Crippen molar-refractivity contribution in [1.82, 2.24) is 4.98 Å². The van der Waals surface area contributed by atoms with Gasteiger partial charge in [-0.15, -0.1) is 6.42 Å². The predicted molar refractivity (Wildman–Crippen MR) is 32.2 cm³/mol. The van der Waals surface area contributed by atoms with Crippen LogP contribution >= 0.6 is 0 Å². The van der Waals surface area contributed by atoms with Crippen LogP contribution in [0, 0.1) is 12.3 Å². The van der Waals surface area contributed by atoms with Gasteiger partial charge in [0.05, 0.1) is 5.48 Å². The first kappa shape index (κ1) is 1.91. The number of terminal acetylenes is 1. The molecule has 38 valence electrons. The van der Waals surface area contributed by atoms with Crippen LogP contribution in [0.25, 0.3) is 0 Å². The molecule has 0 aliphatic carbocycles. The van der Waals surface area contributed by atoms with E-state index in [1.165, 1.54) is 0 Å². The summed E-state index contributed by atoms with van der Waals surface area (Å²) in [5, 5.41) is 0. The average Bonchev–Trinajstić information content (AvgIpc) is 2.08. The topological polar surface area (TPSA) is 12.9 Å². The lowest BCUT2D eigenvalue weighted by Gasteiger charge is -1.81. The summed E-state index contributed by atoms with van der Waals surface area (Å²) in [6.07, 6.45) is 4.62. The van der Waals surface area contributed by atoms with Crippen molar-refractivity contribution in [3.05, 3.63) is 30.0 Å². The van der Waals surface area contributed by atoms with Gasteiger partial charge in [-0.25, -0.2) is 4.98 Å². The van der Waals surface area contributed by atoms with Crippen LogP contribution in [0.5, 0.6) is 0 Å². The minimum atomic E-state index is -0.362. The van der Waals surface area contributed by atoms with E-state index in [1.54, 1.807) is 0 Å². The third kappa shape index (κ3) is 0.855. The first-order valence-corrected chi connectivity index (χ1v) is 1.99. The van der Waals surface area contributed by atoms with Crippen molar-refractivity contribution in [2.24, 2.45) is 0 Å². The van der Waals surface area contributed by atoms with E-state index < -0.39 is 0 Å². The lowest BCUT2D eigenvalue weighted by atomic mass is 10.4. The van der Waals surface area contributed by atoms with Crippen molar-refractivity contribution in [2.75, 3.05) is 0 Å². The lowest BCUT2D eigenvalue weighted by molar-refractivity contribution is 1.29. The molecule has 0 radical (unpaired) electrons. The van der Waals surface area contributed by atoms with Gasteiger partial charge in [-0.05, 0) is 12.1 Å². The molecule has 1 heteroatoms. The molecule has 1 aromatic rings. The molecule has 0 bridgehead atoms. The molecule has 1 aromatic heterocycles. The zero-order valence-electron chi connectivity index (χ0n) is 8.02. The maximum absolute atomic E-state index is 7.24. The zero-order chi connectivity index (χ0) is 9.30. The van der Waals surface area contributed by atoms with Gasteiger partial charge in [0.2, 0.25) is 0 Å². The Hall–Kier alpha value is -1.29. The fourth-order valence-corrected chi connectivity index (χ4v) is 0.299. The van der Waals surface area contributed by atoms with Gasteiger partial charge in [0.15, 0.2) is 0 Å². The van der Waals surface area contributed by atoms with Crippen LogP contribution in [0.2, 0.25) is 0 Å². The molecule has 1 heterocycles. The Morgan fingerprint density at radius 1 is 1.75 bits per heavy atom. The molecular weight excluding hydrogens is 98.1 g/mol. The van der Waals surface area contributed by atoms with Gasteiger partial charge in [0.25, 0.3) is 0 Å². The average molecular weight is 107 g/mol. The molecule has 0 saturated heterocycles. The Balaban J connectivity index is 3.52. The van der Waals surface area contributed by atoms with Gasteiger partial charge in [-0.1, -0.05) is 12.0 Å². The first-order valence-electron chi connectivity index (χ1n) is 3.99. The van der Waals surface area contributed by atoms with Crippen LogP contribution < -0.4 is 0 Å². The molecule has 0 aromatic carbocycles. The fraction of sp³-hybridized carbons (Fsp3) is 0. The van der Waals surface area contributed by atoms with Crippen molar-refractivity contribution in [3.8, 4) is 12.3 Å². The van der Waals surface area contributed by atoms with Crippen molar-refractivity contribution < 1.29 is 5.48 Å². The van der Waals surface area contributed by atoms with Crippen molar-refractivity contribution in [3.63, 3.8) is 0 Å². The van der Waals surface area contributed by atoms with Crippen molar-refractivity contribution >= 4 is 0 Å². The van der Waals surface area contributed by atoms with Crippen molar-refractivity contribution in [1.29, 1.82) is 0 Å². The van der Waals surface area contributed by atoms with Crippen LogP contribution in [-0.4, -0.2) is 4.98 Å². The lowest BCUT2D eigenvalue weighted by Crippen LogP contribution is -1.75. The Morgan fingerprint density at radius 2 is 2.62 bits per heavy atom. The second-order valence-corrected chi connectivity index (χ2v) is 1.09. The Morgan fingerprint density at radius 3 is 3.38 bits per heavy atom. The van der Waals surface area contributed by atoms with E-state index in [4.69, 9.17) is 11.9 Å². The molecule has 0 saturated carbocycles. The summed E-state index contributed by atoms with van der Waals surface area (Å²) in [5.41, 5.74) is -0.0546. The summed E-state index contributed by atoms with van der Waals surface area (Å²) in [6, 6.07) is -0.972. The van der Waals surface area contributed by atoms with Gasteiger partial charge in [0, 0.05) is 6.17 Å². The number of nitrogens with zero attached hydrogens (tertiary/aromatic N) is 1. The number of hydrogen-bond donors (Lipinski definition) is 0. The first-order chi connectivity index (χ1) is 5.57. The van der Waals surface area contributed by atoms with E-state index in [9.17, 15) is 0 Å². The molecule has 0 amide bonds. The SMILES string of the molecule is [2H]c1nc(C#C)c([2H])c([2H])c1[2H]. The maximum atomic E-state index is 7.24. The molecule has 1 rings (SSSR count). The fourth-order valence-electron chi connectivity index (χ4n) is 0.299. The van der Waals surface area contributed by atoms with Crippen LogP contribution in [0.3, 0.4) is 0 Å². The Bertz CT molecular complexity index is 367. The molecule has 0 atom stereocenters. The monoisotopic (exact) mass is 107 g/mol.